The molecule has 2 aliphatic rings. The number of carbonyl (C=O) groups excluding carboxylic acids is 1. The van der Waals surface area contributed by atoms with Crippen LogP contribution in [-0.4, -0.2) is 38.7 Å². The number of nitrogens with zero attached hydrogens (tertiary/aromatic N) is 5. The predicted octanol–water partition coefficient (Wildman–Crippen LogP) is 2.18. The lowest BCUT2D eigenvalue weighted by molar-refractivity contribution is 0.0950. The maximum Gasteiger partial charge on any atom is 0.271 e. The van der Waals surface area contributed by atoms with E-state index in [1.807, 2.05) is 13.0 Å². The zero-order valence-corrected chi connectivity index (χ0v) is 15.5. The maximum atomic E-state index is 11.9. The van der Waals surface area contributed by atoms with Crippen molar-refractivity contribution in [3.63, 3.8) is 0 Å². The molecule has 138 valence electrons. The summed E-state index contributed by atoms with van der Waals surface area (Å²) in [4.78, 5) is 19.1. The molecule has 0 saturated carbocycles. The van der Waals surface area contributed by atoms with E-state index < -0.39 is 0 Å². The first-order chi connectivity index (χ1) is 12.7. The average molecular weight is 354 g/mol. The third-order valence-electron chi connectivity index (χ3n) is 5.47. The predicted molar refractivity (Wildman–Crippen MR) is 99.2 cm³/mol. The number of rotatable bonds is 4. The van der Waals surface area contributed by atoms with Crippen molar-refractivity contribution >= 4 is 11.7 Å². The molecule has 7 nitrogen and oxygen atoms in total. The van der Waals surface area contributed by atoms with Gasteiger partial charge in [-0.15, -0.1) is 10.2 Å². The molecule has 1 atom stereocenters. The Balaban J connectivity index is 1.59. The number of aromatic nitrogens is 4. The van der Waals surface area contributed by atoms with Crippen LogP contribution in [0.2, 0.25) is 0 Å². The Morgan fingerprint density at radius 2 is 2.08 bits per heavy atom. The minimum absolute atomic E-state index is 0.179. The summed E-state index contributed by atoms with van der Waals surface area (Å²) >= 11 is 0. The highest BCUT2D eigenvalue weighted by Crippen LogP contribution is 2.36. The van der Waals surface area contributed by atoms with Crippen molar-refractivity contribution in [3.8, 4) is 0 Å². The second kappa shape index (κ2) is 7.05. The second-order valence-corrected chi connectivity index (χ2v) is 7.12. The number of nitrogens with one attached hydrogen (secondary N) is 1. The molecule has 1 fully saturated rings. The van der Waals surface area contributed by atoms with Crippen molar-refractivity contribution in [1.29, 1.82) is 0 Å². The van der Waals surface area contributed by atoms with Gasteiger partial charge in [0.25, 0.3) is 5.91 Å². The van der Waals surface area contributed by atoms with E-state index in [1.165, 1.54) is 24.2 Å². The molecule has 2 aromatic rings. The van der Waals surface area contributed by atoms with Crippen molar-refractivity contribution in [3.05, 3.63) is 35.0 Å². The lowest BCUT2D eigenvalue weighted by Gasteiger charge is -2.25. The van der Waals surface area contributed by atoms with E-state index in [-0.39, 0.29) is 11.9 Å². The van der Waals surface area contributed by atoms with Gasteiger partial charge in [0, 0.05) is 25.8 Å². The largest absolute Gasteiger partial charge is 0.351 e. The SMILES string of the molecule is CCNC(=O)c1ccc(N2CCC[C@H]2c2nc3c(n2C)CCCC3)nn1. The zero-order valence-electron chi connectivity index (χ0n) is 15.5. The number of amides is 1. The van der Waals surface area contributed by atoms with Gasteiger partial charge < -0.3 is 14.8 Å². The highest BCUT2D eigenvalue weighted by molar-refractivity contribution is 5.92. The molecule has 4 rings (SSSR count). The van der Waals surface area contributed by atoms with E-state index in [9.17, 15) is 4.79 Å². The van der Waals surface area contributed by atoms with Gasteiger partial charge >= 0.3 is 0 Å². The summed E-state index contributed by atoms with van der Waals surface area (Å²) in [6.45, 7) is 3.42. The summed E-state index contributed by atoms with van der Waals surface area (Å²) in [5, 5.41) is 11.2. The van der Waals surface area contributed by atoms with E-state index in [1.54, 1.807) is 6.07 Å². The third kappa shape index (κ3) is 2.95. The maximum absolute atomic E-state index is 11.9. The Kier molecular flexibility index (Phi) is 4.61. The molecule has 7 heteroatoms. The Labute approximate surface area is 153 Å². The number of aryl methyl sites for hydroxylation is 1. The fourth-order valence-corrected chi connectivity index (χ4v) is 4.16. The number of hydrogen-bond acceptors (Lipinski definition) is 5. The van der Waals surface area contributed by atoms with Crippen LogP contribution >= 0.6 is 0 Å². The van der Waals surface area contributed by atoms with Crippen molar-refractivity contribution in [1.82, 2.24) is 25.1 Å². The first-order valence-corrected chi connectivity index (χ1v) is 9.62. The zero-order chi connectivity index (χ0) is 18.1. The van der Waals surface area contributed by atoms with Crippen molar-refractivity contribution in [2.45, 2.75) is 51.5 Å². The molecule has 3 heterocycles. The topological polar surface area (TPSA) is 75.9 Å². The second-order valence-electron chi connectivity index (χ2n) is 7.12. The molecule has 1 aliphatic carbocycles. The molecular weight excluding hydrogens is 328 g/mol. The van der Waals surface area contributed by atoms with Gasteiger partial charge in [0.15, 0.2) is 11.5 Å². The van der Waals surface area contributed by atoms with Crippen LogP contribution in [0, 0.1) is 0 Å². The number of carbonyl (C=O) groups is 1. The van der Waals surface area contributed by atoms with Crippen LogP contribution in [-0.2, 0) is 19.9 Å². The number of fused-ring (bicyclic) bond motifs is 1. The molecule has 0 radical (unpaired) electrons. The van der Waals surface area contributed by atoms with Crippen molar-refractivity contribution < 1.29 is 4.79 Å². The lowest BCUT2D eigenvalue weighted by Crippen LogP contribution is -2.27. The molecule has 0 unspecified atom stereocenters. The number of anilines is 1. The van der Waals surface area contributed by atoms with Crippen LogP contribution in [0.1, 0.15) is 66.3 Å². The van der Waals surface area contributed by atoms with E-state index in [4.69, 9.17) is 4.98 Å². The Hall–Kier alpha value is -2.44. The molecule has 1 aliphatic heterocycles. The summed E-state index contributed by atoms with van der Waals surface area (Å²) < 4.78 is 2.30. The first kappa shape index (κ1) is 17.0. The van der Waals surface area contributed by atoms with Crippen LogP contribution in [0.4, 0.5) is 5.82 Å². The molecule has 2 aromatic heterocycles. The van der Waals surface area contributed by atoms with Crippen LogP contribution in [0.5, 0.6) is 0 Å². The molecule has 0 bridgehead atoms. The van der Waals surface area contributed by atoms with Crippen LogP contribution in [0.25, 0.3) is 0 Å². The van der Waals surface area contributed by atoms with E-state index in [0.717, 1.165) is 43.9 Å². The Morgan fingerprint density at radius 3 is 2.81 bits per heavy atom. The normalized spacial score (nSPS) is 19.5. The fourth-order valence-electron chi connectivity index (χ4n) is 4.16. The van der Waals surface area contributed by atoms with Gasteiger partial charge in [-0.1, -0.05) is 0 Å². The number of hydrogen-bond donors (Lipinski definition) is 1. The van der Waals surface area contributed by atoms with Gasteiger partial charge in [-0.05, 0) is 57.6 Å². The van der Waals surface area contributed by atoms with Gasteiger partial charge in [-0.2, -0.15) is 0 Å². The molecule has 0 aromatic carbocycles. The Bertz CT molecular complexity index is 797. The highest BCUT2D eigenvalue weighted by atomic mass is 16.1. The Morgan fingerprint density at radius 1 is 1.23 bits per heavy atom. The summed E-state index contributed by atoms with van der Waals surface area (Å²) in [6, 6.07) is 3.89. The van der Waals surface area contributed by atoms with Gasteiger partial charge in [0.05, 0.1) is 11.7 Å². The van der Waals surface area contributed by atoms with Crippen LogP contribution in [0.3, 0.4) is 0 Å². The molecule has 26 heavy (non-hydrogen) atoms. The molecular formula is C19H26N6O. The average Bonchev–Trinajstić information content (AvgIpc) is 3.27. The summed E-state index contributed by atoms with van der Waals surface area (Å²) in [7, 11) is 2.15. The summed E-state index contributed by atoms with van der Waals surface area (Å²) in [5.74, 6) is 1.78. The fraction of sp³-hybridized carbons (Fsp3) is 0.579. The minimum Gasteiger partial charge on any atom is -0.351 e. The van der Waals surface area contributed by atoms with Gasteiger partial charge in [-0.25, -0.2) is 4.98 Å². The standard InChI is InChI=1S/C19H26N6O/c1-3-20-19(26)14-10-11-17(23-22-14)25-12-6-9-16(25)18-21-13-7-4-5-8-15(13)24(18)2/h10-11,16H,3-9,12H2,1-2H3,(H,20,26)/t16-/m0/s1. The highest BCUT2D eigenvalue weighted by Gasteiger charge is 2.32. The van der Waals surface area contributed by atoms with E-state index in [0.29, 0.717) is 12.2 Å². The summed E-state index contributed by atoms with van der Waals surface area (Å²) in [6.07, 6.45) is 6.91. The van der Waals surface area contributed by atoms with E-state index >= 15 is 0 Å². The minimum atomic E-state index is -0.179. The van der Waals surface area contributed by atoms with Crippen LogP contribution in [0.15, 0.2) is 12.1 Å². The molecule has 0 spiro atoms. The molecule has 1 N–H and O–H groups in total. The number of imidazole rings is 1. The first-order valence-electron chi connectivity index (χ1n) is 9.62. The van der Waals surface area contributed by atoms with Gasteiger partial charge in [0.2, 0.25) is 0 Å². The third-order valence-corrected chi connectivity index (χ3v) is 5.47. The van der Waals surface area contributed by atoms with Crippen molar-refractivity contribution in [2.75, 3.05) is 18.0 Å². The van der Waals surface area contributed by atoms with E-state index in [2.05, 4.69) is 32.0 Å². The monoisotopic (exact) mass is 354 g/mol. The van der Waals surface area contributed by atoms with Gasteiger partial charge in [0.1, 0.15) is 5.82 Å². The smallest absolute Gasteiger partial charge is 0.271 e. The molecule has 1 saturated heterocycles. The lowest BCUT2D eigenvalue weighted by atomic mass is 10.0. The summed E-state index contributed by atoms with van der Waals surface area (Å²) in [5.41, 5.74) is 3.04. The molecule has 1 amide bonds. The van der Waals surface area contributed by atoms with Crippen LogP contribution < -0.4 is 10.2 Å². The van der Waals surface area contributed by atoms with Crippen molar-refractivity contribution in [2.24, 2.45) is 7.05 Å². The quantitative estimate of drug-likeness (QED) is 0.911. The van der Waals surface area contributed by atoms with Gasteiger partial charge in [-0.3, -0.25) is 4.79 Å².